The predicted molar refractivity (Wildman–Crippen MR) is 67.5 cm³/mol. The molecule has 0 heterocycles. The number of halogens is 1. The van der Waals surface area contributed by atoms with Gasteiger partial charge in [-0.1, -0.05) is 12.2 Å². The molecule has 4 nitrogen and oxygen atoms in total. The molecule has 0 atom stereocenters. The minimum Gasteiger partial charge on any atom is -0.489 e. The van der Waals surface area contributed by atoms with E-state index in [0.29, 0.717) is 5.56 Å². The third-order valence-corrected chi connectivity index (χ3v) is 3.07. The van der Waals surface area contributed by atoms with Crippen LogP contribution in [-0.2, 0) is 9.84 Å². The molecule has 0 saturated carbocycles. The first-order chi connectivity index (χ1) is 7.79. The molecule has 94 valence electrons. The zero-order valence-electron chi connectivity index (χ0n) is 9.14. The summed E-state index contributed by atoms with van der Waals surface area (Å²) < 4.78 is 40.1. The highest BCUT2D eigenvalue weighted by Gasteiger charge is 2.08. The van der Waals surface area contributed by atoms with Gasteiger partial charge < -0.3 is 10.5 Å². The summed E-state index contributed by atoms with van der Waals surface area (Å²) in [4.78, 5) is 0.0894. The maximum Gasteiger partial charge on any atom is 0.165 e. The summed E-state index contributed by atoms with van der Waals surface area (Å²) in [5.41, 5.74) is 5.73. The van der Waals surface area contributed by atoms with Gasteiger partial charge >= 0.3 is 0 Å². The number of rotatable bonds is 5. The van der Waals surface area contributed by atoms with Crippen LogP contribution in [0.2, 0.25) is 0 Å². The lowest BCUT2D eigenvalue weighted by atomic mass is 10.2. The van der Waals surface area contributed by atoms with E-state index in [1.807, 2.05) is 0 Å². The molecule has 0 saturated heterocycles. The van der Waals surface area contributed by atoms with E-state index in [-0.39, 0.29) is 23.1 Å². The van der Waals surface area contributed by atoms with Crippen LogP contribution in [0.1, 0.15) is 5.56 Å². The Labute approximate surface area is 104 Å². The molecule has 0 aliphatic rings. The number of hydrogen-bond donors (Lipinski definition) is 1. The second-order valence-corrected chi connectivity index (χ2v) is 6.19. The Hall–Kier alpha value is -1.21. The van der Waals surface area contributed by atoms with Crippen molar-refractivity contribution in [3.8, 4) is 5.75 Å². The van der Waals surface area contributed by atoms with Gasteiger partial charge in [-0.3, -0.25) is 0 Å². The predicted octanol–water partition coefficient (Wildman–Crippen LogP) is 0.883. The Morgan fingerprint density at radius 3 is 2.65 bits per heavy atom. The summed E-state index contributed by atoms with van der Waals surface area (Å²) in [7, 11) is -3.12. The van der Waals surface area contributed by atoms with Crippen LogP contribution in [0, 0.1) is 5.82 Å². The van der Waals surface area contributed by atoms with Gasteiger partial charge in [-0.2, -0.15) is 0 Å². The summed E-state index contributed by atoms with van der Waals surface area (Å²) in [5, 5.41) is 0. The highest BCUT2D eigenvalue weighted by atomic mass is 32.2. The van der Waals surface area contributed by atoms with Crippen molar-refractivity contribution < 1.29 is 17.5 Å². The number of ether oxygens (including phenoxy) is 1. The minimum atomic E-state index is -3.12. The Morgan fingerprint density at radius 1 is 1.53 bits per heavy atom. The summed E-state index contributed by atoms with van der Waals surface area (Å²) in [6.07, 6.45) is 1.09. The molecule has 7 heteroatoms. The van der Waals surface area contributed by atoms with Crippen LogP contribution in [0.25, 0.3) is 0 Å². The van der Waals surface area contributed by atoms with E-state index in [4.69, 9.17) is 22.7 Å². The Balaban J connectivity index is 2.70. The average Bonchev–Trinajstić information content (AvgIpc) is 2.18. The van der Waals surface area contributed by atoms with Crippen molar-refractivity contribution in [1.82, 2.24) is 0 Å². The van der Waals surface area contributed by atoms with Crippen molar-refractivity contribution in [3.63, 3.8) is 0 Å². The van der Waals surface area contributed by atoms with Crippen molar-refractivity contribution in [3.05, 3.63) is 29.6 Å². The van der Waals surface area contributed by atoms with Gasteiger partial charge in [-0.05, 0) is 18.2 Å². The van der Waals surface area contributed by atoms with Gasteiger partial charge in [0.15, 0.2) is 21.4 Å². The highest BCUT2D eigenvalue weighted by molar-refractivity contribution is 7.90. The summed E-state index contributed by atoms with van der Waals surface area (Å²) in [6, 6.07) is 4.03. The van der Waals surface area contributed by atoms with E-state index in [9.17, 15) is 12.8 Å². The van der Waals surface area contributed by atoms with Crippen molar-refractivity contribution in [2.45, 2.75) is 0 Å². The maximum absolute atomic E-state index is 13.4. The average molecular weight is 277 g/mol. The van der Waals surface area contributed by atoms with Crippen LogP contribution in [0.15, 0.2) is 18.2 Å². The van der Waals surface area contributed by atoms with E-state index in [1.54, 1.807) is 0 Å². The van der Waals surface area contributed by atoms with Gasteiger partial charge in [0.2, 0.25) is 0 Å². The van der Waals surface area contributed by atoms with Gasteiger partial charge in [0, 0.05) is 11.8 Å². The van der Waals surface area contributed by atoms with Crippen molar-refractivity contribution in [2.75, 3.05) is 18.6 Å². The van der Waals surface area contributed by atoms with Gasteiger partial charge in [0.25, 0.3) is 0 Å². The Kier molecular flexibility index (Phi) is 4.41. The zero-order chi connectivity index (χ0) is 13.1. The van der Waals surface area contributed by atoms with Crippen molar-refractivity contribution in [2.24, 2.45) is 5.73 Å². The molecule has 0 aromatic heterocycles. The molecule has 0 radical (unpaired) electrons. The number of hydrogen-bond acceptors (Lipinski definition) is 4. The first-order valence-electron chi connectivity index (χ1n) is 4.69. The third-order valence-electron chi connectivity index (χ3n) is 1.93. The fourth-order valence-electron chi connectivity index (χ4n) is 1.07. The molecule has 2 N–H and O–H groups in total. The molecule has 0 unspecified atom stereocenters. The highest BCUT2D eigenvalue weighted by Crippen LogP contribution is 2.18. The summed E-state index contributed by atoms with van der Waals surface area (Å²) in [6.45, 7) is -0.0951. The van der Waals surface area contributed by atoms with Crippen molar-refractivity contribution in [1.29, 1.82) is 0 Å². The van der Waals surface area contributed by atoms with E-state index in [2.05, 4.69) is 0 Å². The quantitative estimate of drug-likeness (QED) is 0.809. The molecule has 17 heavy (non-hydrogen) atoms. The molecule has 0 bridgehead atoms. The molecule has 1 aromatic rings. The van der Waals surface area contributed by atoms with E-state index >= 15 is 0 Å². The lowest BCUT2D eigenvalue weighted by molar-refractivity contribution is 0.322. The monoisotopic (exact) mass is 277 g/mol. The lowest BCUT2D eigenvalue weighted by Crippen LogP contribution is -2.13. The topological polar surface area (TPSA) is 69.4 Å². The van der Waals surface area contributed by atoms with E-state index in [0.717, 1.165) is 12.3 Å². The number of thiocarbonyl (C=S) groups is 1. The molecule has 1 aromatic carbocycles. The van der Waals surface area contributed by atoms with Gasteiger partial charge in [0.05, 0.1) is 5.75 Å². The lowest BCUT2D eigenvalue weighted by Gasteiger charge is -2.07. The Morgan fingerprint density at radius 2 is 2.18 bits per heavy atom. The van der Waals surface area contributed by atoms with Crippen LogP contribution in [-0.4, -0.2) is 32.0 Å². The van der Waals surface area contributed by atoms with Gasteiger partial charge in [-0.15, -0.1) is 0 Å². The van der Waals surface area contributed by atoms with E-state index in [1.165, 1.54) is 12.1 Å². The zero-order valence-corrected chi connectivity index (χ0v) is 10.8. The molecular formula is C10H12FNO3S2. The van der Waals surface area contributed by atoms with E-state index < -0.39 is 15.7 Å². The Bertz CT molecular complexity index is 528. The number of benzene rings is 1. The molecule has 0 aliphatic heterocycles. The summed E-state index contributed by atoms with van der Waals surface area (Å²) >= 11 is 4.69. The number of sulfone groups is 1. The van der Waals surface area contributed by atoms with Crippen molar-refractivity contribution >= 4 is 27.0 Å². The SMILES string of the molecule is CS(=O)(=O)CCOc1ccc(C(N)=S)cc1F. The smallest absolute Gasteiger partial charge is 0.165 e. The van der Waals surface area contributed by atoms with Gasteiger partial charge in [-0.25, -0.2) is 12.8 Å². The number of nitrogens with two attached hydrogens (primary N) is 1. The minimum absolute atomic E-state index is 0.0198. The third kappa shape index (κ3) is 4.66. The first-order valence-corrected chi connectivity index (χ1v) is 7.16. The molecule has 0 spiro atoms. The normalized spacial score (nSPS) is 11.2. The molecule has 0 amide bonds. The van der Waals surface area contributed by atoms with Crippen LogP contribution < -0.4 is 10.5 Å². The van der Waals surface area contributed by atoms with Crippen LogP contribution >= 0.6 is 12.2 Å². The van der Waals surface area contributed by atoms with Crippen LogP contribution in [0.5, 0.6) is 5.75 Å². The second kappa shape index (κ2) is 5.42. The fourth-order valence-corrected chi connectivity index (χ4v) is 1.59. The molecule has 1 rings (SSSR count). The molecule has 0 fully saturated rings. The molecular weight excluding hydrogens is 265 g/mol. The summed E-state index contributed by atoms with van der Waals surface area (Å²) in [5.74, 6) is -0.804. The second-order valence-electron chi connectivity index (χ2n) is 3.49. The maximum atomic E-state index is 13.4. The van der Waals surface area contributed by atoms with Crippen LogP contribution in [0.4, 0.5) is 4.39 Å². The fraction of sp³-hybridized carbons (Fsp3) is 0.300. The molecule has 0 aliphatic carbocycles. The largest absolute Gasteiger partial charge is 0.489 e. The van der Waals surface area contributed by atoms with Crippen LogP contribution in [0.3, 0.4) is 0 Å². The van der Waals surface area contributed by atoms with Gasteiger partial charge in [0.1, 0.15) is 11.6 Å². The standard InChI is InChI=1S/C10H12FNO3S2/c1-17(13,14)5-4-15-9-3-2-7(10(12)16)6-8(9)11/h2-3,6H,4-5H2,1H3,(H2,12,16). The first kappa shape index (κ1) is 13.9.